The molecule has 3 fully saturated rings. The van der Waals surface area contributed by atoms with Crippen molar-refractivity contribution in [3.63, 3.8) is 0 Å². The molecule has 2 N–H and O–H groups in total. The molecule has 0 aromatic carbocycles. The quantitative estimate of drug-likeness (QED) is 0.368. The summed E-state index contributed by atoms with van der Waals surface area (Å²) in [5.41, 5.74) is 4.41. The summed E-state index contributed by atoms with van der Waals surface area (Å²) in [7, 11) is 0. The number of nitrogens with one attached hydrogen (secondary N) is 1. The molecule has 7 heteroatoms. The molecule has 0 unspecified atom stereocenters. The summed E-state index contributed by atoms with van der Waals surface area (Å²) in [5, 5.41) is 14.8. The molecule has 182 valence electrons. The van der Waals surface area contributed by atoms with Crippen molar-refractivity contribution in [1.29, 1.82) is 0 Å². The molecular weight excluding hydrogens is 418 g/mol. The molecule has 5 rings (SSSR count). The number of rotatable bonds is 3. The Morgan fingerprint density at radius 2 is 2.12 bits per heavy atom. The van der Waals surface area contributed by atoms with Crippen LogP contribution in [0.2, 0.25) is 0 Å². The predicted octanol–water partition coefficient (Wildman–Crippen LogP) is 4.60. The van der Waals surface area contributed by atoms with Gasteiger partial charge in [-0.2, -0.15) is 5.10 Å². The van der Waals surface area contributed by atoms with Gasteiger partial charge in [0.1, 0.15) is 11.6 Å². The molecule has 0 aromatic rings. The van der Waals surface area contributed by atoms with Crippen LogP contribution in [0.4, 0.5) is 4.79 Å². The molecule has 0 radical (unpaired) electrons. The van der Waals surface area contributed by atoms with E-state index in [1.807, 2.05) is 13.8 Å². The molecule has 0 aromatic heterocycles. The smallest absolute Gasteiger partial charge is 0.427 e. The maximum atomic E-state index is 11.9. The van der Waals surface area contributed by atoms with Crippen LogP contribution in [0.5, 0.6) is 0 Å². The summed E-state index contributed by atoms with van der Waals surface area (Å²) in [5.74, 6) is 2.41. The fourth-order valence-electron chi connectivity index (χ4n) is 8.56. The zero-order chi connectivity index (χ0) is 23.6. The molecule has 7 nitrogen and oxygen atoms in total. The largest absolute Gasteiger partial charge is 0.475 e. The Labute approximate surface area is 197 Å². The molecule has 1 amide bonds. The number of allylic oxidation sites excluding steroid dienone is 1. The predicted molar refractivity (Wildman–Crippen MR) is 127 cm³/mol. The fourth-order valence-corrected chi connectivity index (χ4v) is 8.56. The number of nitrogens with zero attached hydrogens (tertiary/aromatic N) is 2. The Balaban J connectivity index is 1.49. The Kier molecular flexibility index (Phi) is 5.42. The molecule has 8 atom stereocenters. The average molecular weight is 458 g/mol. The van der Waals surface area contributed by atoms with E-state index in [1.165, 1.54) is 5.57 Å². The van der Waals surface area contributed by atoms with E-state index in [4.69, 9.17) is 14.5 Å². The topological polar surface area (TPSA) is 92.5 Å². The number of aliphatic imine (C=N–C) groups is 1. The first-order chi connectivity index (χ1) is 15.7. The number of carbonyl (C=O) groups is 1. The Hall–Kier alpha value is -1.89. The highest BCUT2D eigenvalue weighted by Gasteiger charge is 2.71. The first-order valence-corrected chi connectivity index (χ1v) is 12.7. The second-order valence-electron chi connectivity index (χ2n) is 11.4. The van der Waals surface area contributed by atoms with E-state index in [0.717, 1.165) is 50.7 Å². The summed E-state index contributed by atoms with van der Waals surface area (Å²) in [6.07, 6.45) is 8.77. The zero-order valence-electron chi connectivity index (χ0n) is 20.7. The van der Waals surface area contributed by atoms with Gasteiger partial charge in [-0.1, -0.05) is 25.5 Å². The SMILES string of the molecule is CCOC(=O)N/N=C(\C)[C@@]12N=C(C)O[C@@H]1C[C@H]1[C@@H]3CC=C4C[C@@H](O)CC[C@]4(C)[C@H]3CC[C@@]12C. The third-order valence-electron chi connectivity index (χ3n) is 10.1. The highest BCUT2D eigenvalue weighted by molar-refractivity contribution is 5.98. The Morgan fingerprint density at radius 1 is 1.33 bits per heavy atom. The number of ether oxygens (including phenoxy) is 2. The average Bonchev–Trinajstić information content (AvgIpc) is 3.23. The fraction of sp³-hybridized carbons (Fsp3) is 0.808. The number of hydrogen-bond donors (Lipinski definition) is 2. The lowest BCUT2D eigenvalue weighted by Crippen LogP contribution is -2.58. The minimum absolute atomic E-state index is 0.0506. The van der Waals surface area contributed by atoms with Crippen LogP contribution < -0.4 is 5.43 Å². The third-order valence-corrected chi connectivity index (χ3v) is 10.1. The van der Waals surface area contributed by atoms with Crippen molar-refractivity contribution < 1.29 is 19.4 Å². The molecule has 5 aliphatic rings. The number of aliphatic hydroxyl groups is 1. The summed E-state index contributed by atoms with van der Waals surface area (Å²) in [4.78, 5) is 17.1. The molecule has 1 heterocycles. The Bertz CT molecular complexity index is 928. The maximum absolute atomic E-state index is 11.9. The van der Waals surface area contributed by atoms with E-state index in [-0.39, 0.29) is 23.0 Å². The summed E-state index contributed by atoms with van der Waals surface area (Å²) in [6, 6.07) is 0. The summed E-state index contributed by atoms with van der Waals surface area (Å²) >= 11 is 0. The van der Waals surface area contributed by atoms with Gasteiger partial charge in [0, 0.05) is 12.3 Å². The molecule has 3 saturated carbocycles. The molecule has 0 bridgehead atoms. The molecular formula is C26H39N3O4. The monoisotopic (exact) mass is 457 g/mol. The Morgan fingerprint density at radius 3 is 2.88 bits per heavy atom. The maximum Gasteiger partial charge on any atom is 0.427 e. The lowest BCUT2D eigenvalue weighted by Gasteiger charge is -2.58. The molecule has 4 aliphatic carbocycles. The van der Waals surface area contributed by atoms with Crippen LogP contribution in [0.25, 0.3) is 0 Å². The lowest BCUT2D eigenvalue weighted by atomic mass is 9.46. The zero-order valence-corrected chi connectivity index (χ0v) is 20.7. The van der Waals surface area contributed by atoms with E-state index >= 15 is 0 Å². The number of hydrazone groups is 1. The van der Waals surface area contributed by atoms with Crippen LogP contribution in [-0.2, 0) is 9.47 Å². The van der Waals surface area contributed by atoms with Crippen LogP contribution in [0.1, 0.15) is 79.6 Å². The van der Waals surface area contributed by atoms with Gasteiger partial charge in [0.2, 0.25) is 0 Å². The first-order valence-electron chi connectivity index (χ1n) is 12.7. The minimum atomic E-state index is -0.556. The second-order valence-corrected chi connectivity index (χ2v) is 11.4. The van der Waals surface area contributed by atoms with Gasteiger partial charge in [-0.25, -0.2) is 15.2 Å². The van der Waals surface area contributed by atoms with Crippen LogP contribution in [0, 0.1) is 28.6 Å². The number of carbonyl (C=O) groups excluding carboxylic acids is 1. The van der Waals surface area contributed by atoms with Gasteiger partial charge in [0.15, 0.2) is 5.90 Å². The summed E-state index contributed by atoms with van der Waals surface area (Å²) in [6.45, 7) is 10.8. The standard InChI is InChI=1S/C26H39N3O4/c1-6-32-23(31)29-28-15(2)26-22(33-16(3)27-26)14-21-19-8-7-17-13-18(30)9-11-24(17,4)20(19)10-12-25(21,26)5/h7,18-22,30H,6,8-14H2,1-5H3,(H,29,31)/b28-15+/t18-,19+,20-,21-,22+,24-,25-,26+/m0/s1. The van der Waals surface area contributed by atoms with Gasteiger partial charge in [-0.3, -0.25) is 0 Å². The van der Waals surface area contributed by atoms with Crippen LogP contribution >= 0.6 is 0 Å². The molecule has 33 heavy (non-hydrogen) atoms. The highest BCUT2D eigenvalue weighted by Crippen LogP contribution is 2.69. The molecule has 0 saturated heterocycles. The second kappa shape index (κ2) is 7.82. The van der Waals surface area contributed by atoms with E-state index in [1.54, 1.807) is 6.92 Å². The lowest BCUT2D eigenvalue weighted by molar-refractivity contribution is -0.0460. The van der Waals surface area contributed by atoms with Crippen molar-refractivity contribution in [1.82, 2.24) is 5.43 Å². The highest BCUT2D eigenvalue weighted by atomic mass is 16.5. The number of aliphatic hydroxyl groups excluding tert-OH is 1. The normalized spacial score (nSPS) is 46.1. The van der Waals surface area contributed by atoms with Gasteiger partial charge in [-0.05, 0) is 82.0 Å². The van der Waals surface area contributed by atoms with Crippen molar-refractivity contribution in [2.24, 2.45) is 38.7 Å². The van der Waals surface area contributed by atoms with Crippen LogP contribution in [-0.4, -0.2) is 47.2 Å². The summed E-state index contributed by atoms with van der Waals surface area (Å²) < 4.78 is 11.3. The van der Waals surface area contributed by atoms with Gasteiger partial charge in [-0.15, -0.1) is 0 Å². The van der Waals surface area contributed by atoms with E-state index in [2.05, 4.69) is 30.5 Å². The third kappa shape index (κ3) is 3.14. The first kappa shape index (κ1) is 22.9. The molecule has 1 aliphatic heterocycles. The van der Waals surface area contributed by atoms with Crippen LogP contribution in [0.3, 0.4) is 0 Å². The number of amides is 1. The number of fused-ring (bicyclic) bond motifs is 7. The van der Waals surface area contributed by atoms with E-state index in [0.29, 0.717) is 30.3 Å². The van der Waals surface area contributed by atoms with Gasteiger partial charge in [0.25, 0.3) is 0 Å². The van der Waals surface area contributed by atoms with E-state index < -0.39 is 11.6 Å². The number of hydrogen-bond acceptors (Lipinski definition) is 6. The van der Waals surface area contributed by atoms with Gasteiger partial charge in [0.05, 0.1) is 18.4 Å². The van der Waals surface area contributed by atoms with E-state index in [9.17, 15) is 9.90 Å². The van der Waals surface area contributed by atoms with Crippen molar-refractivity contribution in [3.8, 4) is 0 Å². The van der Waals surface area contributed by atoms with Crippen molar-refractivity contribution >= 4 is 17.7 Å². The van der Waals surface area contributed by atoms with Gasteiger partial charge < -0.3 is 14.6 Å². The van der Waals surface area contributed by atoms with Gasteiger partial charge >= 0.3 is 6.09 Å². The molecule has 0 spiro atoms. The van der Waals surface area contributed by atoms with Crippen LogP contribution in [0.15, 0.2) is 21.7 Å². The van der Waals surface area contributed by atoms with Crippen molar-refractivity contribution in [2.45, 2.75) is 97.3 Å². The minimum Gasteiger partial charge on any atom is -0.475 e. The van der Waals surface area contributed by atoms with Crippen molar-refractivity contribution in [3.05, 3.63) is 11.6 Å². The van der Waals surface area contributed by atoms with Crippen molar-refractivity contribution in [2.75, 3.05) is 6.61 Å².